The van der Waals surface area contributed by atoms with Crippen molar-refractivity contribution in [3.8, 4) is 5.75 Å². The molecule has 3 atom stereocenters. The molecule has 0 spiro atoms. The number of aliphatic carboxylic acids is 1. The van der Waals surface area contributed by atoms with Gasteiger partial charge in [0.25, 0.3) is 0 Å². The maximum Gasteiger partial charge on any atom is 0.331 e. The molecule has 154 valence electrons. The van der Waals surface area contributed by atoms with Crippen LogP contribution in [0.15, 0.2) is 59.7 Å². The van der Waals surface area contributed by atoms with Crippen molar-refractivity contribution in [2.45, 2.75) is 32.8 Å². The summed E-state index contributed by atoms with van der Waals surface area (Å²) >= 11 is 0. The van der Waals surface area contributed by atoms with E-state index in [1.54, 1.807) is 26.2 Å². The van der Waals surface area contributed by atoms with Crippen molar-refractivity contribution < 1.29 is 23.8 Å². The van der Waals surface area contributed by atoms with Gasteiger partial charge in [0, 0.05) is 5.57 Å². The van der Waals surface area contributed by atoms with Crippen LogP contribution in [0.4, 0.5) is 4.39 Å². The molecular formula is C24H27FO4. The third kappa shape index (κ3) is 5.04. The lowest BCUT2D eigenvalue weighted by Crippen LogP contribution is -2.19. The highest BCUT2D eigenvalue weighted by atomic mass is 19.1. The SMILES string of the molecule is COc1ccc(C[C@H]2CO[C@H](c3ccc(F)cc3)[C@@H]2C/C(C)=C(/C)C(=O)O)cc1. The molecular weight excluding hydrogens is 371 g/mol. The zero-order valence-corrected chi connectivity index (χ0v) is 17.0. The Hall–Kier alpha value is -2.66. The van der Waals surface area contributed by atoms with Gasteiger partial charge in [-0.1, -0.05) is 29.8 Å². The lowest BCUT2D eigenvalue weighted by molar-refractivity contribution is -0.132. The summed E-state index contributed by atoms with van der Waals surface area (Å²) in [7, 11) is 1.64. The van der Waals surface area contributed by atoms with E-state index in [1.807, 2.05) is 31.2 Å². The zero-order valence-electron chi connectivity index (χ0n) is 17.0. The molecule has 5 heteroatoms. The summed E-state index contributed by atoms with van der Waals surface area (Å²) in [5, 5.41) is 9.35. The van der Waals surface area contributed by atoms with Gasteiger partial charge in [-0.05, 0) is 73.9 Å². The normalized spacial score (nSPS) is 22.3. The first kappa shape index (κ1) is 21.1. The highest BCUT2D eigenvalue weighted by Crippen LogP contribution is 2.43. The molecule has 2 aromatic carbocycles. The molecule has 1 heterocycles. The molecule has 3 rings (SSSR count). The average Bonchev–Trinajstić information content (AvgIpc) is 3.10. The van der Waals surface area contributed by atoms with E-state index in [9.17, 15) is 14.3 Å². The first-order valence-electron chi connectivity index (χ1n) is 9.78. The molecule has 0 bridgehead atoms. The summed E-state index contributed by atoms with van der Waals surface area (Å²) in [6, 6.07) is 14.4. The quantitative estimate of drug-likeness (QED) is 0.652. The summed E-state index contributed by atoms with van der Waals surface area (Å²) in [5.41, 5.74) is 3.33. The minimum atomic E-state index is -0.897. The number of rotatable bonds is 7. The van der Waals surface area contributed by atoms with Crippen molar-refractivity contribution in [1.29, 1.82) is 0 Å². The molecule has 1 aliphatic heterocycles. The Morgan fingerprint density at radius 3 is 2.38 bits per heavy atom. The second-order valence-corrected chi connectivity index (χ2v) is 7.70. The lowest BCUT2D eigenvalue weighted by Gasteiger charge is -2.24. The highest BCUT2D eigenvalue weighted by molar-refractivity contribution is 5.86. The molecule has 1 fully saturated rings. The van der Waals surface area contributed by atoms with Crippen LogP contribution < -0.4 is 4.74 Å². The molecule has 29 heavy (non-hydrogen) atoms. The number of methoxy groups -OCH3 is 1. The minimum Gasteiger partial charge on any atom is -0.497 e. The molecule has 1 aliphatic rings. The Kier molecular flexibility index (Phi) is 6.70. The smallest absolute Gasteiger partial charge is 0.331 e. The Labute approximate surface area is 171 Å². The van der Waals surface area contributed by atoms with Gasteiger partial charge in [0.05, 0.1) is 19.8 Å². The van der Waals surface area contributed by atoms with Gasteiger partial charge in [0.15, 0.2) is 0 Å². The molecule has 0 amide bonds. The number of hydrogen-bond donors (Lipinski definition) is 1. The fraction of sp³-hybridized carbons (Fsp3) is 0.375. The van der Waals surface area contributed by atoms with E-state index in [0.717, 1.165) is 23.3 Å². The number of halogens is 1. The maximum atomic E-state index is 13.4. The van der Waals surface area contributed by atoms with Gasteiger partial charge < -0.3 is 14.6 Å². The number of carboxylic acid groups (broad SMARTS) is 1. The van der Waals surface area contributed by atoms with E-state index in [4.69, 9.17) is 9.47 Å². The van der Waals surface area contributed by atoms with E-state index in [1.165, 1.54) is 17.7 Å². The van der Waals surface area contributed by atoms with Crippen LogP contribution in [0.25, 0.3) is 0 Å². The van der Waals surface area contributed by atoms with E-state index in [2.05, 4.69) is 0 Å². The molecule has 1 N–H and O–H groups in total. The summed E-state index contributed by atoms with van der Waals surface area (Å²) in [4.78, 5) is 11.4. The van der Waals surface area contributed by atoms with Crippen LogP contribution in [0.3, 0.4) is 0 Å². The lowest BCUT2D eigenvalue weighted by atomic mass is 9.79. The van der Waals surface area contributed by atoms with Crippen LogP contribution in [0.5, 0.6) is 5.75 Å². The van der Waals surface area contributed by atoms with Crippen LogP contribution in [0.2, 0.25) is 0 Å². The number of allylic oxidation sites excluding steroid dienone is 1. The van der Waals surface area contributed by atoms with Crippen molar-refractivity contribution in [1.82, 2.24) is 0 Å². The Balaban J connectivity index is 1.86. The second kappa shape index (κ2) is 9.23. The summed E-state index contributed by atoms with van der Waals surface area (Å²) < 4.78 is 24.8. The zero-order chi connectivity index (χ0) is 21.0. The van der Waals surface area contributed by atoms with Crippen LogP contribution in [-0.4, -0.2) is 24.8 Å². The number of hydrogen-bond acceptors (Lipinski definition) is 3. The molecule has 0 radical (unpaired) electrons. The fourth-order valence-corrected chi connectivity index (χ4v) is 3.96. The van der Waals surface area contributed by atoms with Crippen LogP contribution in [0.1, 0.15) is 37.5 Å². The molecule has 0 aromatic heterocycles. The van der Waals surface area contributed by atoms with E-state index < -0.39 is 5.97 Å². The summed E-state index contributed by atoms with van der Waals surface area (Å²) in [6.45, 7) is 4.09. The van der Waals surface area contributed by atoms with Crippen LogP contribution >= 0.6 is 0 Å². The Morgan fingerprint density at radius 1 is 1.14 bits per heavy atom. The Bertz CT molecular complexity index is 871. The van der Waals surface area contributed by atoms with Crippen molar-refractivity contribution in [3.63, 3.8) is 0 Å². The molecule has 1 saturated heterocycles. The van der Waals surface area contributed by atoms with Gasteiger partial charge in [-0.15, -0.1) is 0 Å². The van der Waals surface area contributed by atoms with Gasteiger partial charge >= 0.3 is 5.97 Å². The highest BCUT2D eigenvalue weighted by Gasteiger charge is 2.38. The third-order valence-electron chi connectivity index (χ3n) is 5.84. The minimum absolute atomic E-state index is 0.108. The van der Waals surface area contributed by atoms with E-state index in [-0.39, 0.29) is 23.8 Å². The molecule has 0 unspecified atom stereocenters. The van der Waals surface area contributed by atoms with Gasteiger partial charge in [-0.3, -0.25) is 0 Å². The number of ether oxygens (including phenoxy) is 2. The molecule has 0 saturated carbocycles. The summed E-state index contributed by atoms with van der Waals surface area (Å²) in [6.07, 6.45) is 1.27. The number of benzene rings is 2. The monoisotopic (exact) mass is 398 g/mol. The van der Waals surface area contributed by atoms with Gasteiger partial charge in [0.1, 0.15) is 11.6 Å². The topological polar surface area (TPSA) is 55.8 Å². The third-order valence-corrected chi connectivity index (χ3v) is 5.84. The van der Waals surface area contributed by atoms with Crippen LogP contribution in [0, 0.1) is 17.7 Å². The fourth-order valence-electron chi connectivity index (χ4n) is 3.96. The largest absolute Gasteiger partial charge is 0.497 e. The van der Waals surface area contributed by atoms with Gasteiger partial charge in [-0.25, -0.2) is 9.18 Å². The molecule has 0 aliphatic carbocycles. The van der Waals surface area contributed by atoms with Crippen molar-refractivity contribution in [2.24, 2.45) is 11.8 Å². The first-order chi connectivity index (χ1) is 13.9. The standard InChI is InChI=1S/C24H27FO4/c1-15(16(2)24(26)27)12-22-19(13-17-4-10-21(28-3)11-5-17)14-29-23(22)18-6-8-20(25)9-7-18/h4-11,19,22-23H,12-14H2,1-3H3,(H,26,27)/b16-15-/t19-,22+,23+/m0/s1. The maximum absolute atomic E-state index is 13.4. The van der Waals surface area contributed by atoms with E-state index in [0.29, 0.717) is 18.6 Å². The molecule has 2 aromatic rings. The predicted molar refractivity (Wildman–Crippen MR) is 109 cm³/mol. The Morgan fingerprint density at radius 2 is 1.79 bits per heavy atom. The van der Waals surface area contributed by atoms with Crippen LogP contribution in [-0.2, 0) is 16.0 Å². The van der Waals surface area contributed by atoms with E-state index >= 15 is 0 Å². The molecule has 4 nitrogen and oxygen atoms in total. The van der Waals surface area contributed by atoms with Crippen molar-refractivity contribution in [3.05, 3.63) is 76.6 Å². The van der Waals surface area contributed by atoms with Crippen molar-refractivity contribution >= 4 is 5.97 Å². The first-order valence-corrected chi connectivity index (χ1v) is 9.78. The number of carboxylic acids is 1. The predicted octanol–water partition coefficient (Wildman–Crippen LogP) is 5.19. The van der Waals surface area contributed by atoms with Gasteiger partial charge in [-0.2, -0.15) is 0 Å². The average molecular weight is 398 g/mol. The van der Waals surface area contributed by atoms with Gasteiger partial charge in [0.2, 0.25) is 0 Å². The second-order valence-electron chi connectivity index (χ2n) is 7.70. The van der Waals surface area contributed by atoms with Crippen molar-refractivity contribution in [2.75, 3.05) is 13.7 Å². The number of carbonyl (C=O) groups is 1. The summed E-state index contributed by atoms with van der Waals surface area (Å²) in [5.74, 6) is -0.0257.